The first-order valence-corrected chi connectivity index (χ1v) is 6.07. The summed E-state index contributed by atoms with van der Waals surface area (Å²) in [7, 11) is 1.05. The molecule has 0 radical (unpaired) electrons. The Bertz CT molecular complexity index is 488. The fourth-order valence-corrected chi connectivity index (χ4v) is 2.67. The second kappa shape index (κ2) is 3.14. The highest BCUT2D eigenvalue weighted by Crippen LogP contribution is 2.32. The predicted molar refractivity (Wildman–Crippen MR) is 67.0 cm³/mol. The number of fused-ring (bicyclic) bond motifs is 3. The van der Waals surface area contributed by atoms with E-state index in [4.69, 9.17) is 0 Å². The van der Waals surface area contributed by atoms with Gasteiger partial charge in [0.2, 0.25) is 0 Å². The van der Waals surface area contributed by atoms with Crippen LogP contribution in [0.25, 0.3) is 6.08 Å². The molecule has 0 fully saturated rings. The van der Waals surface area contributed by atoms with Crippen molar-refractivity contribution in [2.24, 2.45) is 0 Å². The maximum Gasteiger partial charge on any atom is 0.0702 e. The van der Waals surface area contributed by atoms with Gasteiger partial charge in [0.05, 0.1) is 15.9 Å². The first-order valence-electron chi connectivity index (χ1n) is 5.07. The van der Waals surface area contributed by atoms with Gasteiger partial charge in [-0.25, -0.2) is 0 Å². The van der Waals surface area contributed by atoms with E-state index in [1.807, 2.05) is 0 Å². The topological polar surface area (TPSA) is 6.48 Å². The van der Waals surface area contributed by atoms with Crippen molar-refractivity contribution in [1.82, 2.24) is 5.01 Å². The molecule has 3 rings (SSSR count). The third-order valence-electron chi connectivity index (χ3n) is 2.71. The van der Waals surface area contributed by atoms with E-state index >= 15 is 0 Å². The second-order valence-electron chi connectivity index (χ2n) is 3.72. The molecule has 0 atom stereocenters. The predicted octanol–water partition coefficient (Wildman–Crippen LogP) is 1.43. The molecule has 0 N–H and O–H groups in total. The number of hydrazine groups is 1. The van der Waals surface area contributed by atoms with Crippen LogP contribution in [-0.4, -0.2) is 15.3 Å². The van der Waals surface area contributed by atoms with Crippen LogP contribution in [0.1, 0.15) is 5.56 Å². The molecule has 74 valence electrons. The number of hydrogen-bond donors (Lipinski definition) is 0. The number of nitrogens with zero attached hydrogens (tertiary/aromatic N) is 2. The van der Waals surface area contributed by atoms with Crippen molar-refractivity contribution >= 4 is 22.0 Å². The van der Waals surface area contributed by atoms with Gasteiger partial charge in [-0.05, 0) is 24.3 Å². The van der Waals surface area contributed by atoms with Crippen LogP contribution in [0.4, 0.5) is 5.69 Å². The molecule has 1 aromatic carbocycles. The Morgan fingerprint density at radius 2 is 1.67 bits per heavy atom. The first-order chi connectivity index (χ1) is 7.36. The molecule has 0 aliphatic carbocycles. The quantitative estimate of drug-likeness (QED) is 0.600. The van der Waals surface area contributed by atoms with E-state index in [1.54, 1.807) is 0 Å². The molecule has 0 saturated heterocycles. The number of rotatable bonds is 0. The van der Waals surface area contributed by atoms with E-state index in [0.29, 0.717) is 0 Å². The van der Waals surface area contributed by atoms with Crippen molar-refractivity contribution < 1.29 is 0 Å². The van der Waals surface area contributed by atoms with Crippen molar-refractivity contribution in [3.05, 3.63) is 59.7 Å². The fraction of sp³-hybridized carbons (Fsp3) is 0. The van der Waals surface area contributed by atoms with Crippen molar-refractivity contribution in [1.29, 1.82) is 0 Å². The Morgan fingerprint density at radius 1 is 0.933 bits per heavy atom. The second-order valence-corrected chi connectivity index (χ2v) is 4.74. The van der Waals surface area contributed by atoms with Crippen LogP contribution in [0.2, 0.25) is 0 Å². The highest BCUT2D eigenvalue weighted by molar-refractivity contribution is 6.24. The Morgan fingerprint density at radius 3 is 2.53 bits per heavy atom. The zero-order chi connectivity index (χ0) is 10.3. The summed E-state index contributed by atoms with van der Waals surface area (Å²) in [6, 6.07) is 8.48. The van der Waals surface area contributed by atoms with E-state index in [-0.39, 0.29) is 0 Å². The summed E-state index contributed by atoms with van der Waals surface area (Å²) in [6.07, 6.45) is 10.6. The van der Waals surface area contributed by atoms with Crippen LogP contribution in [0, 0.1) is 0 Å². The molecule has 0 bridgehead atoms. The lowest BCUT2D eigenvalue weighted by molar-refractivity contribution is 0.491. The van der Waals surface area contributed by atoms with Crippen molar-refractivity contribution in [3.63, 3.8) is 0 Å². The first kappa shape index (κ1) is 8.56. The van der Waals surface area contributed by atoms with Crippen LogP contribution < -0.4 is 5.01 Å². The van der Waals surface area contributed by atoms with Crippen LogP contribution in [0.3, 0.4) is 0 Å². The minimum absolute atomic E-state index is 1.05. The van der Waals surface area contributed by atoms with Crippen molar-refractivity contribution in [3.8, 4) is 0 Å². The van der Waals surface area contributed by atoms with Gasteiger partial charge in [-0.3, -0.25) is 10.0 Å². The fourth-order valence-electron chi connectivity index (χ4n) is 2.00. The molecule has 2 aliphatic rings. The summed E-state index contributed by atoms with van der Waals surface area (Å²) in [4.78, 5) is 0. The molecular weight excluding hydrogens is 200 g/mol. The van der Waals surface area contributed by atoms with Gasteiger partial charge in [0.15, 0.2) is 0 Å². The van der Waals surface area contributed by atoms with Gasteiger partial charge in [-0.2, -0.15) is 0 Å². The smallest absolute Gasteiger partial charge is 0.0702 e. The molecule has 2 aliphatic heterocycles. The number of hydrogen-bond acceptors (Lipinski definition) is 2. The average Bonchev–Trinajstić information content (AvgIpc) is 2.30. The summed E-state index contributed by atoms with van der Waals surface area (Å²) in [5.74, 6) is 0. The molecular formula is C12H12N2Si. The van der Waals surface area contributed by atoms with E-state index in [2.05, 4.69) is 64.9 Å². The molecule has 0 spiro atoms. The summed E-state index contributed by atoms with van der Waals surface area (Å²) >= 11 is 0. The maximum atomic E-state index is 2.27. The highest BCUT2D eigenvalue weighted by Gasteiger charge is 2.20. The molecule has 1 aromatic rings. The van der Waals surface area contributed by atoms with E-state index in [0.717, 1.165) is 10.2 Å². The minimum Gasteiger partial charge on any atom is -0.266 e. The number of benzene rings is 1. The molecule has 2 nitrogen and oxygen atoms in total. The maximum absolute atomic E-state index is 2.27. The SMILES string of the molecule is [SiH3]C1=Cc2ccccc2N2C=CC=CN12. The largest absolute Gasteiger partial charge is 0.266 e. The number of para-hydroxylation sites is 1. The lowest BCUT2D eigenvalue weighted by atomic mass is 10.1. The lowest BCUT2D eigenvalue weighted by Crippen LogP contribution is -2.38. The van der Waals surface area contributed by atoms with Gasteiger partial charge in [-0.15, -0.1) is 0 Å². The third kappa shape index (κ3) is 1.24. The molecule has 0 amide bonds. The molecule has 3 heteroatoms. The Balaban J connectivity index is 2.20. The molecule has 0 unspecified atom stereocenters. The summed E-state index contributed by atoms with van der Waals surface area (Å²) in [5, 5.41) is 5.76. The highest BCUT2D eigenvalue weighted by atomic mass is 28.1. The van der Waals surface area contributed by atoms with Gasteiger partial charge in [0, 0.05) is 23.3 Å². The average molecular weight is 212 g/mol. The molecule has 2 heterocycles. The van der Waals surface area contributed by atoms with Crippen molar-refractivity contribution in [2.75, 3.05) is 5.01 Å². The Kier molecular flexibility index (Phi) is 1.79. The minimum atomic E-state index is 1.05. The normalized spacial score (nSPS) is 17.5. The van der Waals surface area contributed by atoms with Gasteiger partial charge in [0.1, 0.15) is 0 Å². The zero-order valence-corrected chi connectivity index (χ0v) is 10.6. The third-order valence-corrected chi connectivity index (χ3v) is 3.45. The standard InChI is InChI=1S/C12H12N2Si/c15-12-9-10-5-1-2-6-11(10)13-7-3-4-8-14(12)13/h1-9H,15H3. The summed E-state index contributed by atoms with van der Waals surface area (Å²) in [5.41, 5.74) is 2.55. The van der Waals surface area contributed by atoms with Gasteiger partial charge >= 0.3 is 0 Å². The van der Waals surface area contributed by atoms with Crippen LogP contribution >= 0.6 is 0 Å². The number of allylic oxidation sites excluding steroid dienone is 2. The van der Waals surface area contributed by atoms with Crippen LogP contribution in [0.5, 0.6) is 0 Å². The summed E-state index contributed by atoms with van der Waals surface area (Å²) < 4.78 is 0. The zero-order valence-electron chi connectivity index (χ0n) is 8.59. The van der Waals surface area contributed by atoms with E-state index in [9.17, 15) is 0 Å². The van der Waals surface area contributed by atoms with Crippen LogP contribution in [-0.2, 0) is 0 Å². The Hall–Kier alpha value is -1.74. The lowest BCUT2D eigenvalue weighted by Gasteiger charge is -2.39. The van der Waals surface area contributed by atoms with Gasteiger partial charge < -0.3 is 0 Å². The van der Waals surface area contributed by atoms with E-state index < -0.39 is 0 Å². The Labute approximate surface area is 92.2 Å². The molecule has 15 heavy (non-hydrogen) atoms. The van der Waals surface area contributed by atoms with Crippen molar-refractivity contribution in [2.45, 2.75) is 0 Å². The van der Waals surface area contributed by atoms with E-state index in [1.165, 1.54) is 16.6 Å². The molecule has 0 saturated carbocycles. The molecule has 0 aromatic heterocycles. The van der Waals surface area contributed by atoms with Gasteiger partial charge in [-0.1, -0.05) is 18.2 Å². The monoisotopic (exact) mass is 212 g/mol. The number of anilines is 1. The summed E-state index contributed by atoms with van der Waals surface area (Å²) in [6.45, 7) is 0. The van der Waals surface area contributed by atoms with Crippen LogP contribution in [0.15, 0.2) is 54.1 Å². The van der Waals surface area contributed by atoms with Gasteiger partial charge in [0.25, 0.3) is 0 Å².